The second-order valence-corrected chi connectivity index (χ2v) is 7.13. The van der Waals surface area contributed by atoms with E-state index >= 15 is 0 Å². The van der Waals surface area contributed by atoms with Gasteiger partial charge in [-0.3, -0.25) is 4.99 Å². The van der Waals surface area contributed by atoms with Crippen molar-refractivity contribution in [2.45, 2.75) is 13.3 Å². The summed E-state index contributed by atoms with van der Waals surface area (Å²) in [5.74, 6) is 0.598. The van der Waals surface area contributed by atoms with E-state index in [1.807, 2.05) is 25.1 Å². The number of hydrogen-bond acceptors (Lipinski definition) is 3. The average Bonchev–Trinajstić information content (AvgIpc) is 2.54. The van der Waals surface area contributed by atoms with Gasteiger partial charge in [0.25, 0.3) is 0 Å². The Hall–Kier alpha value is -1.86. The molecule has 0 atom stereocenters. The minimum atomic E-state index is -3.48. The van der Waals surface area contributed by atoms with Gasteiger partial charge >= 0.3 is 0 Å². The molecule has 0 radical (unpaired) electrons. The molecule has 1 aliphatic heterocycles. The van der Waals surface area contributed by atoms with E-state index in [4.69, 9.17) is 5.14 Å². The first kappa shape index (κ1) is 17.5. The Morgan fingerprint density at radius 1 is 1.35 bits per heavy atom. The number of benzene rings is 1. The third-order valence-electron chi connectivity index (χ3n) is 3.63. The second kappa shape index (κ2) is 8.12. The fourth-order valence-corrected chi connectivity index (χ4v) is 2.83. The summed E-state index contributed by atoms with van der Waals surface area (Å²) in [6, 6.07) is 10.3. The molecule has 0 saturated heterocycles. The Kier molecular flexibility index (Phi) is 6.18. The van der Waals surface area contributed by atoms with Gasteiger partial charge in [-0.15, -0.1) is 0 Å². The van der Waals surface area contributed by atoms with E-state index in [0.717, 1.165) is 32.0 Å². The molecule has 0 bridgehead atoms. The van der Waals surface area contributed by atoms with Crippen LogP contribution in [0.5, 0.6) is 0 Å². The number of hydrogen-bond donors (Lipinski definition) is 2. The number of primary sulfonamides is 1. The molecule has 0 spiro atoms. The van der Waals surface area contributed by atoms with Crippen molar-refractivity contribution >= 4 is 21.6 Å². The Balaban J connectivity index is 2.02. The van der Waals surface area contributed by atoms with Crippen molar-refractivity contribution in [1.82, 2.24) is 10.2 Å². The van der Waals surface area contributed by atoms with Crippen LogP contribution in [0.3, 0.4) is 0 Å². The summed E-state index contributed by atoms with van der Waals surface area (Å²) in [5, 5.41) is 8.22. The molecule has 1 aliphatic rings. The third kappa shape index (κ3) is 5.69. The van der Waals surface area contributed by atoms with Gasteiger partial charge in [-0.2, -0.15) is 0 Å². The van der Waals surface area contributed by atoms with Crippen LogP contribution < -0.4 is 10.5 Å². The highest BCUT2D eigenvalue weighted by atomic mass is 32.2. The summed E-state index contributed by atoms with van der Waals surface area (Å²) in [7, 11) is -3.48. The molecule has 7 heteroatoms. The van der Waals surface area contributed by atoms with Crippen LogP contribution in [0.4, 0.5) is 0 Å². The highest BCUT2D eigenvalue weighted by Gasteiger charge is 2.16. The van der Waals surface area contributed by atoms with E-state index in [2.05, 4.69) is 33.4 Å². The number of nitrogens with two attached hydrogens (primary N) is 1. The van der Waals surface area contributed by atoms with Crippen LogP contribution in [0.1, 0.15) is 18.9 Å². The summed E-state index contributed by atoms with van der Waals surface area (Å²) >= 11 is 0. The van der Waals surface area contributed by atoms with Gasteiger partial charge in [0.1, 0.15) is 0 Å². The van der Waals surface area contributed by atoms with E-state index in [1.54, 1.807) is 0 Å². The number of sulfonamides is 1. The zero-order valence-electron chi connectivity index (χ0n) is 13.4. The summed E-state index contributed by atoms with van der Waals surface area (Å²) in [6.45, 7) is 4.50. The van der Waals surface area contributed by atoms with Crippen LogP contribution in [0.25, 0.3) is 5.57 Å². The molecule has 23 heavy (non-hydrogen) atoms. The lowest BCUT2D eigenvalue weighted by Crippen LogP contribution is -2.43. The molecule has 0 fully saturated rings. The average molecular weight is 336 g/mol. The van der Waals surface area contributed by atoms with Crippen LogP contribution in [0.15, 0.2) is 41.4 Å². The molecule has 6 nitrogen and oxygen atoms in total. The zero-order valence-corrected chi connectivity index (χ0v) is 14.2. The molecule has 1 aromatic rings. The first-order valence-electron chi connectivity index (χ1n) is 7.78. The van der Waals surface area contributed by atoms with Gasteiger partial charge < -0.3 is 10.2 Å². The molecule has 0 amide bonds. The smallest absolute Gasteiger partial charge is 0.210 e. The van der Waals surface area contributed by atoms with E-state index in [9.17, 15) is 8.42 Å². The van der Waals surface area contributed by atoms with Gasteiger partial charge in [0.2, 0.25) is 10.0 Å². The van der Waals surface area contributed by atoms with Crippen LogP contribution in [-0.2, 0) is 10.0 Å². The molecule has 2 rings (SSSR count). The Morgan fingerprint density at radius 3 is 2.65 bits per heavy atom. The monoisotopic (exact) mass is 336 g/mol. The number of rotatable bonds is 5. The van der Waals surface area contributed by atoms with Crippen LogP contribution in [0, 0.1) is 0 Å². The highest BCUT2D eigenvalue weighted by molar-refractivity contribution is 7.89. The van der Waals surface area contributed by atoms with E-state index < -0.39 is 10.0 Å². The van der Waals surface area contributed by atoms with Crippen molar-refractivity contribution in [3.63, 3.8) is 0 Å². The molecule has 126 valence electrons. The van der Waals surface area contributed by atoms with Crippen molar-refractivity contribution in [3.8, 4) is 0 Å². The summed E-state index contributed by atoms with van der Waals surface area (Å²) < 4.78 is 22.0. The quantitative estimate of drug-likeness (QED) is 0.621. The van der Waals surface area contributed by atoms with Gasteiger partial charge in [-0.1, -0.05) is 36.4 Å². The van der Waals surface area contributed by atoms with Crippen molar-refractivity contribution < 1.29 is 8.42 Å². The van der Waals surface area contributed by atoms with Crippen molar-refractivity contribution in [1.29, 1.82) is 0 Å². The van der Waals surface area contributed by atoms with Crippen molar-refractivity contribution in [2.75, 3.05) is 31.9 Å². The first-order valence-corrected chi connectivity index (χ1v) is 9.49. The van der Waals surface area contributed by atoms with E-state index in [1.165, 1.54) is 11.1 Å². The Labute approximate surface area is 138 Å². The predicted octanol–water partition coefficient (Wildman–Crippen LogP) is 1.03. The zero-order chi connectivity index (χ0) is 16.7. The maximum atomic E-state index is 11.0. The summed E-state index contributed by atoms with van der Waals surface area (Å²) in [4.78, 5) is 6.49. The number of aliphatic imine (C=N–C) groups is 1. The molecule has 0 unspecified atom stereocenters. The highest BCUT2D eigenvalue weighted by Crippen LogP contribution is 2.21. The van der Waals surface area contributed by atoms with Gasteiger partial charge in [-0.05, 0) is 24.5 Å². The lowest BCUT2D eigenvalue weighted by Gasteiger charge is -2.29. The van der Waals surface area contributed by atoms with E-state index in [-0.39, 0.29) is 12.3 Å². The first-order chi connectivity index (χ1) is 11.0. The van der Waals surface area contributed by atoms with Crippen LogP contribution in [0.2, 0.25) is 0 Å². The third-order valence-corrected chi connectivity index (χ3v) is 4.38. The Morgan fingerprint density at radius 2 is 2.09 bits per heavy atom. The van der Waals surface area contributed by atoms with Crippen molar-refractivity contribution in [3.05, 3.63) is 42.0 Å². The summed E-state index contributed by atoms with van der Waals surface area (Å²) in [5.41, 5.74) is 2.59. The van der Waals surface area contributed by atoms with Gasteiger partial charge in [0, 0.05) is 19.6 Å². The maximum Gasteiger partial charge on any atom is 0.210 e. The Bertz CT molecular complexity index is 669. The SMILES string of the molecule is CCNC(=NCCS(N)(=O)=O)N1CC=C(c2ccccc2)CC1. The summed E-state index contributed by atoms with van der Waals surface area (Å²) in [6.07, 6.45) is 3.13. The number of nitrogens with zero attached hydrogens (tertiary/aromatic N) is 2. The molecule has 0 aliphatic carbocycles. The van der Waals surface area contributed by atoms with Gasteiger partial charge in [-0.25, -0.2) is 13.6 Å². The second-order valence-electron chi connectivity index (χ2n) is 5.39. The normalized spacial score (nSPS) is 16.2. The molecule has 3 N–H and O–H groups in total. The molecule has 1 heterocycles. The van der Waals surface area contributed by atoms with Crippen LogP contribution >= 0.6 is 0 Å². The minimum Gasteiger partial charge on any atom is -0.357 e. The maximum absolute atomic E-state index is 11.0. The topological polar surface area (TPSA) is 87.8 Å². The molecule has 1 aromatic carbocycles. The minimum absolute atomic E-state index is 0.138. The number of guanidine groups is 1. The fourth-order valence-electron chi connectivity index (χ4n) is 2.48. The lowest BCUT2D eigenvalue weighted by molar-refractivity contribution is 0.440. The molecular weight excluding hydrogens is 312 g/mol. The predicted molar refractivity (Wildman–Crippen MR) is 94.6 cm³/mol. The largest absolute Gasteiger partial charge is 0.357 e. The van der Waals surface area contributed by atoms with Crippen molar-refractivity contribution in [2.24, 2.45) is 10.1 Å². The van der Waals surface area contributed by atoms with Crippen LogP contribution in [-0.4, -0.2) is 51.2 Å². The van der Waals surface area contributed by atoms with E-state index in [0.29, 0.717) is 0 Å². The van der Waals surface area contributed by atoms with Gasteiger partial charge in [0.15, 0.2) is 5.96 Å². The fraction of sp³-hybridized carbons (Fsp3) is 0.438. The molecule has 0 saturated carbocycles. The lowest BCUT2D eigenvalue weighted by atomic mass is 10.00. The standard InChI is InChI=1S/C16H24N4O2S/c1-2-18-16(19-10-13-23(17,21)22)20-11-8-15(9-12-20)14-6-4-3-5-7-14/h3-8H,2,9-13H2,1H3,(H,18,19)(H2,17,21,22). The van der Waals surface area contributed by atoms with Gasteiger partial charge in [0.05, 0.1) is 12.3 Å². The number of nitrogens with one attached hydrogen (secondary N) is 1. The molecule has 0 aromatic heterocycles. The molecular formula is C16H24N4O2S.